The zero-order valence-corrected chi connectivity index (χ0v) is 19.2. The molecular weight excluding hydrogens is 433 g/mol. The van der Waals surface area contributed by atoms with Gasteiger partial charge in [0.2, 0.25) is 0 Å². The molecule has 0 radical (unpaired) electrons. The second-order valence-corrected chi connectivity index (χ2v) is 8.62. The molecule has 1 aliphatic heterocycles. The van der Waals surface area contributed by atoms with Gasteiger partial charge in [-0.15, -0.1) is 0 Å². The highest BCUT2D eigenvalue weighted by atomic mass is 19.1. The lowest BCUT2D eigenvalue weighted by molar-refractivity contribution is 0.0426. The van der Waals surface area contributed by atoms with Gasteiger partial charge in [0.15, 0.2) is 0 Å². The highest BCUT2D eigenvalue weighted by molar-refractivity contribution is 5.96. The van der Waals surface area contributed by atoms with Crippen LogP contribution < -0.4 is 4.74 Å². The lowest BCUT2D eigenvalue weighted by Crippen LogP contribution is -2.23. The van der Waals surface area contributed by atoms with Crippen molar-refractivity contribution in [1.82, 2.24) is 24.3 Å². The van der Waals surface area contributed by atoms with E-state index >= 15 is 0 Å². The van der Waals surface area contributed by atoms with Crippen molar-refractivity contribution < 1.29 is 13.9 Å². The van der Waals surface area contributed by atoms with Crippen molar-refractivity contribution in [2.45, 2.75) is 19.6 Å². The molecule has 0 spiro atoms. The maximum Gasteiger partial charge on any atom is 0.143 e. The fraction of sp³-hybridized carbons (Fsp3) is 0.231. The van der Waals surface area contributed by atoms with Gasteiger partial charge in [-0.05, 0) is 48.4 Å². The summed E-state index contributed by atoms with van der Waals surface area (Å²) in [7, 11) is 3.58. The molecule has 0 aliphatic carbocycles. The van der Waals surface area contributed by atoms with Crippen LogP contribution in [-0.4, -0.2) is 38.0 Å². The van der Waals surface area contributed by atoms with E-state index in [4.69, 9.17) is 14.5 Å². The third-order valence-corrected chi connectivity index (χ3v) is 6.42. The number of rotatable bonds is 4. The lowest BCUT2D eigenvalue weighted by atomic mass is 10.0. The van der Waals surface area contributed by atoms with Crippen molar-refractivity contribution in [3.8, 4) is 28.3 Å². The summed E-state index contributed by atoms with van der Waals surface area (Å²) in [6.07, 6.45) is 5.51. The molecular formula is C26H24FN5O2. The molecule has 8 heteroatoms. The van der Waals surface area contributed by atoms with Gasteiger partial charge in [0.25, 0.3) is 0 Å². The standard InChI is InChI=1S/C26H24FN5O2/c1-15-10-17(27)4-5-18(15)25-26-30-23(14-32(26)8-9-34-25)22-11-20-21(29-22)7-6-19(24(20)33-3)16-12-28-31(2)13-16/h4-7,10-14,25,29H,8-9H2,1-3H3. The number of benzene rings is 2. The summed E-state index contributed by atoms with van der Waals surface area (Å²) in [6, 6.07) is 10.9. The minimum Gasteiger partial charge on any atom is -0.495 e. The normalized spacial score (nSPS) is 15.6. The number of hydrogen-bond acceptors (Lipinski definition) is 4. The Morgan fingerprint density at radius 3 is 2.82 bits per heavy atom. The number of aryl methyl sites for hydroxylation is 2. The lowest BCUT2D eigenvalue weighted by Gasteiger charge is -2.25. The average molecular weight is 458 g/mol. The van der Waals surface area contributed by atoms with Crippen LogP contribution in [0, 0.1) is 12.7 Å². The first-order valence-corrected chi connectivity index (χ1v) is 11.2. The van der Waals surface area contributed by atoms with Gasteiger partial charge in [0, 0.05) is 48.0 Å². The molecule has 7 nitrogen and oxygen atoms in total. The van der Waals surface area contributed by atoms with Crippen LogP contribution in [0.4, 0.5) is 4.39 Å². The number of H-pyrrole nitrogens is 1. The van der Waals surface area contributed by atoms with E-state index in [1.54, 1.807) is 17.9 Å². The summed E-state index contributed by atoms with van der Waals surface area (Å²) in [5.74, 6) is 1.36. The number of nitrogens with zero attached hydrogens (tertiary/aromatic N) is 4. The number of halogens is 1. The first-order chi connectivity index (χ1) is 16.5. The fourth-order valence-corrected chi connectivity index (χ4v) is 4.78. The molecule has 2 aromatic carbocycles. The van der Waals surface area contributed by atoms with Gasteiger partial charge in [-0.25, -0.2) is 9.37 Å². The summed E-state index contributed by atoms with van der Waals surface area (Å²) in [4.78, 5) is 8.42. The second-order valence-electron chi connectivity index (χ2n) is 8.62. The second kappa shape index (κ2) is 7.85. The molecule has 172 valence electrons. The zero-order chi connectivity index (χ0) is 23.4. The van der Waals surface area contributed by atoms with E-state index in [0.717, 1.165) is 56.1 Å². The molecule has 3 aromatic heterocycles. The van der Waals surface area contributed by atoms with E-state index in [9.17, 15) is 4.39 Å². The molecule has 34 heavy (non-hydrogen) atoms. The Morgan fingerprint density at radius 2 is 2.06 bits per heavy atom. The first kappa shape index (κ1) is 20.7. The van der Waals surface area contributed by atoms with Crippen LogP contribution in [0.2, 0.25) is 0 Å². The van der Waals surface area contributed by atoms with E-state index in [1.807, 2.05) is 44.7 Å². The van der Waals surface area contributed by atoms with E-state index in [1.165, 1.54) is 12.1 Å². The highest BCUT2D eigenvalue weighted by Gasteiger charge is 2.27. The number of nitrogens with one attached hydrogen (secondary N) is 1. The first-order valence-electron chi connectivity index (χ1n) is 11.2. The Balaban J connectivity index is 1.43. The van der Waals surface area contributed by atoms with E-state index in [-0.39, 0.29) is 11.9 Å². The molecule has 1 N–H and O–H groups in total. The van der Waals surface area contributed by atoms with E-state index < -0.39 is 0 Å². The number of ether oxygens (including phenoxy) is 2. The monoisotopic (exact) mass is 457 g/mol. The highest BCUT2D eigenvalue weighted by Crippen LogP contribution is 2.39. The van der Waals surface area contributed by atoms with E-state index in [0.29, 0.717) is 13.2 Å². The van der Waals surface area contributed by atoms with Crippen LogP contribution >= 0.6 is 0 Å². The molecule has 0 amide bonds. The molecule has 5 aromatic rings. The van der Waals surface area contributed by atoms with Crippen LogP contribution in [0.3, 0.4) is 0 Å². The van der Waals surface area contributed by atoms with Crippen molar-refractivity contribution in [2.24, 2.45) is 7.05 Å². The Labute approximate surface area is 195 Å². The van der Waals surface area contributed by atoms with Gasteiger partial charge >= 0.3 is 0 Å². The molecule has 0 saturated heterocycles. The van der Waals surface area contributed by atoms with Crippen molar-refractivity contribution >= 4 is 10.9 Å². The Kier molecular flexibility index (Phi) is 4.77. The maximum absolute atomic E-state index is 13.7. The summed E-state index contributed by atoms with van der Waals surface area (Å²) >= 11 is 0. The number of aromatic nitrogens is 5. The Morgan fingerprint density at radius 1 is 1.18 bits per heavy atom. The molecule has 0 bridgehead atoms. The molecule has 0 fully saturated rings. The van der Waals surface area contributed by atoms with Gasteiger partial charge in [-0.2, -0.15) is 5.10 Å². The van der Waals surface area contributed by atoms with Gasteiger partial charge in [-0.1, -0.05) is 6.07 Å². The van der Waals surface area contributed by atoms with Crippen molar-refractivity contribution in [3.05, 3.63) is 77.8 Å². The summed E-state index contributed by atoms with van der Waals surface area (Å²) in [5.41, 5.74) is 6.45. The van der Waals surface area contributed by atoms with Crippen LogP contribution in [0.1, 0.15) is 23.1 Å². The minimum atomic E-state index is -0.334. The zero-order valence-electron chi connectivity index (χ0n) is 19.2. The molecule has 4 heterocycles. The molecule has 0 saturated carbocycles. The van der Waals surface area contributed by atoms with Crippen molar-refractivity contribution in [2.75, 3.05) is 13.7 Å². The molecule has 1 atom stereocenters. The maximum atomic E-state index is 13.7. The average Bonchev–Trinajstić information content (AvgIpc) is 3.55. The van der Waals surface area contributed by atoms with Crippen LogP contribution in [0.25, 0.3) is 33.4 Å². The van der Waals surface area contributed by atoms with Gasteiger partial charge < -0.3 is 19.0 Å². The van der Waals surface area contributed by atoms with Crippen molar-refractivity contribution in [1.29, 1.82) is 0 Å². The minimum absolute atomic E-state index is 0.251. The third kappa shape index (κ3) is 3.30. The topological polar surface area (TPSA) is 69.9 Å². The van der Waals surface area contributed by atoms with Crippen molar-refractivity contribution in [3.63, 3.8) is 0 Å². The number of fused-ring (bicyclic) bond motifs is 2. The summed E-state index contributed by atoms with van der Waals surface area (Å²) in [5, 5.41) is 5.27. The Hall–Kier alpha value is -3.91. The van der Waals surface area contributed by atoms with Gasteiger partial charge in [0.05, 0.1) is 25.6 Å². The number of hydrogen-bond donors (Lipinski definition) is 1. The Bertz CT molecular complexity index is 1530. The van der Waals surface area contributed by atoms with Gasteiger partial charge in [-0.3, -0.25) is 4.68 Å². The SMILES string of the molecule is COc1c(-c2cnn(C)c2)ccc2[nH]c(-c3cn4c(n3)C(c3ccc(F)cc3C)OCC4)cc12. The largest absolute Gasteiger partial charge is 0.495 e. The van der Waals surface area contributed by atoms with Crippen LogP contribution in [0.15, 0.2) is 55.0 Å². The quantitative estimate of drug-likeness (QED) is 0.412. The summed E-state index contributed by atoms with van der Waals surface area (Å²) < 4.78 is 29.4. The molecule has 1 unspecified atom stereocenters. The number of methoxy groups -OCH3 is 1. The van der Waals surface area contributed by atoms with Crippen LogP contribution in [-0.2, 0) is 18.3 Å². The molecule has 6 rings (SSSR count). The fourth-order valence-electron chi connectivity index (χ4n) is 4.78. The summed E-state index contributed by atoms with van der Waals surface area (Å²) in [6.45, 7) is 3.18. The number of aromatic amines is 1. The predicted octanol–water partition coefficient (Wildman–Crippen LogP) is 5.01. The van der Waals surface area contributed by atoms with E-state index in [2.05, 4.69) is 20.7 Å². The smallest absolute Gasteiger partial charge is 0.143 e. The number of imidazole rings is 1. The molecule has 1 aliphatic rings. The van der Waals surface area contributed by atoms with Gasteiger partial charge in [0.1, 0.15) is 29.2 Å². The predicted molar refractivity (Wildman–Crippen MR) is 127 cm³/mol. The van der Waals surface area contributed by atoms with Crippen LogP contribution in [0.5, 0.6) is 5.75 Å². The third-order valence-electron chi connectivity index (χ3n) is 6.42.